The van der Waals surface area contributed by atoms with Gasteiger partial charge in [0.25, 0.3) is 0 Å². The number of aryl methyl sites for hydroxylation is 2. The van der Waals surface area contributed by atoms with E-state index in [-0.39, 0.29) is 11.8 Å². The average molecular weight is 324 g/mol. The van der Waals surface area contributed by atoms with Crippen molar-refractivity contribution >= 4 is 29.4 Å². The summed E-state index contributed by atoms with van der Waals surface area (Å²) in [6.45, 7) is 2.65. The molecule has 0 bridgehead atoms. The van der Waals surface area contributed by atoms with Crippen LogP contribution in [0.25, 0.3) is 6.08 Å². The third kappa shape index (κ3) is 3.53. The molecule has 1 saturated heterocycles. The molecule has 1 fully saturated rings. The summed E-state index contributed by atoms with van der Waals surface area (Å²) in [5, 5.41) is 6.97. The summed E-state index contributed by atoms with van der Waals surface area (Å²) in [7, 11) is 1.78. The van der Waals surface area contributed by atoms with Crippen molar-refractivity contribution in [3.8, 4) is 0 Å². The zero-order chi connectivity index (χ0) is 17.1. The molecule has 0 radical (unpaired) electrons. The van der Waals surface area contributed by atoms with Crippen molar-refractivity contribution < 1.29 is 9.59 Å². The van der Waals surface area contributed by atoms with Gasteiger partial charge in [-0.15, -0.1) is 0 Å². The van der Waals surface area contributed by atoms with Gasteiger partial charge >= 0.3 is 0 Å². The number of amides is 2. The van der Waals surface area contributed by atoms with Crippen molar-refractivity contribution in [2.45, 2.75) is 19.8 Å². The van der Waals surface area contributed by atoms with Gasteiger partial charge in [0.05, 0.1) is 5.69 Å². The molecule has 6 nitrogen and oxygen atoms in total. The highest BCUT2D eigenvalue weighted by molar-refractivity contribution is 6.01. The maximum absolute atomic E-state index is 12.0. The summed E-state index contributed by atoms with van der Waals surface area (Å²) in [5.74, 6) is 0.617. The summed E-state index contributed by atoms with van der Waals surface area (Å²) in [4.78, 5) is 25.5. The van der Waals surface area contributed by atoms with Crippen LogP contribution in [0, 0.1) is 6.92 Å². The predicted octanol–water partition coefficient (Wildman–Crippen LogP) is 2.51. The van der Waals surface area contributed by atoms with Crippen molar-refractivity contribution in [3.63, 3.8) is 0 Å². The first-order valence-corrected chi connectivity index (χ1v) is 7.93. The summed E-state index contributed by atoms with van der Waals surface area (Å²) < 4.78 is 1.63. The summed E-state index contributed by atoms with van der Waals surface area (Å²) >= 11 is 0. The Kier molecular flexibility index (Phi) is 4.46. The van der Waals surface area contributed by atoms with Crippen LogP contribution in [0.2, 0.25) is 0 Å². The van der Waals surface area contributed by atoms with Crippen LogP contribution >= 0.6 is 0 Å². The van der Waals surface area contributed by atoms with Crippen LogP contribution in [0.15, 0.2) is 36.4 Å². The molecular formula is C18H20N4O2. The maximum Gasteiger partial charge on any atom is 0.249 e. The fourth-order valence-corrected chi connectivity index (χ4v) is 2.75. The van der Waals surface area contributed by atoms with E-state index in [4.69, 9.17) is 0 Å². The van der Waals surface area contributed by atoms with Gasteiger partial charge in [-0.05, 0) is 37.1 Å². The first-order chi connectivity index (χ1) is 11.5. The zero-order valence-corrected chi connectivity index (χ0v) is 13.8. The second kappa shape index (κ2) is 6.70. The Morgan fingerprint density at radius 1 is 1.29 bits per heavy atom. The first kappa shape index (κ1) is 16.0. The van der Waals surface area contributed by atoms with Crippen LogP contribution < -0.4 is 10.2 Å². The number of benzene rings is 1. The van der Waals surface area contributed by atoms with Crippen LogP contribution in [0.3, 0.4) is 0 Å². The number of rotatable bonds is 4. The SMILES string of the molecule is Cc1cc(NC(=O)/C=C/c2ccc(N3CCCC3=O)cc2)n(C)n1. The van der Waals surface area contributed by atoms with Gasteiger partial charge in [-0.25, -0.2) is 0 Å². The van der Waals surface area contributed by atoms with E-state index in [1.165, 1.54) is 6.08 Å². The molecule has 2 aromatic rings. The Morgan fingerprint density at radius 3 is 2.62 bits per heavy atom. The minimum atomic E-state index is -0.211. The molecule has 0 unspecified atom stereocenters. The minimum Gasteiger partial charge on any atom is -0.312 e. The maximum atomic E-state index is 12.0. The quantitative estimate of drug-likeness (QED) is 0.879. The number of nitrogens with zero attached hydrogens (tertiary/aromatic N) is 3. The van der Waals surface area contributed by atoms with Gasteiger partial charge in [-0.3, -0.25) is 14.3 Å². The molecule has 2 amide bonds. The minimum absolute atomic E-state index is 0.171. The molecule has 1 N–H and O–H groups in total. The molecular weight excluding hydrogens is 304 g/mol. The van der Waals surface area contributed by atoms with E-state index >= 15 is 0 Å². The van der Waals surface area contributed by atoms with E-state index in [0.717, 1.165) is 29.9 Å². The highest BCUT2D eigenvalue weighted by Crippen LogP contribution is 2.21. The van der Waals surface area contributed by atoms with Crippen molar-refractivity contribution in [3.05, 3.63) is 47.7 Å². The molecule has 0 aliphatic carbocycles. The molecule has 1 aliphatic rings. The first-order valence-electron chi connectivity index (χ1n) is 7.93. The lowest BCUT2D eigenvalue weighted by Gasteiger charge is -2.15. The third-order valence-corrected chi connectivity index (χ3v) is 3.96. The highest BCUT2D eigenvalue weighted by Gasteiger charge is 2.21. The number of aromatic nitrogens is 2. The Hall–Kier alpha value is -2.89. The lowest BCUT2D eigenvalue weighted by molar-refractivity contribution is -0.117. The van der Waals surface area contributed by atoms with Gasteiger partial charge in [0.2, 0.25) is 11.8 Å². The normalized spacial score (nSPS) is 14.6. The standard InChI is InChI=1S/C18H20N4O2/c1-13-12-16(21(2)20-13)19-17(23)10-7-14-5-8-15(9-6-14)22-11-3-4-18(22)24/h5-10,12H,3-4,11H2,1-2H3,(H,19,23)/b10-7+. The second-order valence-corrected chi connectivity index (χ2v) is 5.86. The van der Waals surface area contributed by atoms with Crippen molar-refractivity contribution in [2.75, 3.05) is 16.8 Å². The lowest BCUT2D eigenvalue weighted by Crippen LogP contribution is -2.23. The molecule has 1 aromatic heterocycles. The van der Waals surface area contributed by atoms with Crippen molar-refractivity contribution in [2.24, 2.45) is 7.05 Å². The van der Waals surface area contributed by atoms with E-state index in [0.29, 0.717) is 12.2 Å². The lowest BCUT2D eigenvalue weighted by atomic mass is 10.2. The van der Waals surface area contributed by atoms with E-state index in [2.05, 4.69) is 10.4 Å². The van der Waals surface area contributed by atoms with Gasteiger partial charge in [-0.1, -0.05) is 12.1 Å². The molecule has 6 heteroatoms. The molecule has 3 rings (SSSR count). The van der Waals surface area contributed by atoms with E-state index in [1.807, 2.05) is 37.3 Å². The number of carbonyl (C=O) groups is 2. The number of hydrogen-bond donors (Lipinski definition) is 1. The van der Waals surface area contributed by atoms with Crippen LogP contribution in [0.4, 0.5) is 11.5 Å². The fraction of sp³-hybridized carbons (Fsp3) is 0.278. The van der Waals surface area contributed by atoms with Gasteiger partial charge in [0.15, 0.2) is 0 Å². The molecule has 124 valence electrons. The largest absolute Gasteiger partial charge is 0.312 e. The summed E-state index contributed by atoms with van der Waals surface area (Å²) in [6.07, 6.45) is 4.76. The molecule has 0 atom stereocenters. The Balaban J connectivity index is 1.62. The molecule has 0 spiro atoms. The Morgan fingerprint density at radius 2 is 2.04 bits per heavy atom. The molecule has 0 saturated carbocycles. The van der Waals surface area contributed by atoms with Crippen molar-refractivity contribution in [1.29, 1.82) is 0 Å². The predicted molar refractivity (Wildman–Crippen MR) is 93.6 cm³/mol. The highest BCUT2D eigenvalue weighted by atomic mass is 16.2. The summed E-state index contributed by atoms with van der Waals surface area (Å²) in [6, 6.07) is 9.43. The number of anilines is 2. The monoisotopic (exact) mass is 324 g/mol. The van der Waals surface area contributed by atoms with Gasteiger partial charge in [0, 0.05) is 37.8 Å². The Labute approximate surface area is 140 Å². The van der Waals surface area contributed by atoms with Crippen LogP contribution in [-0.4, -0.2) is 28.1 Å². The van der Waals surface area contributed by atoms with Crippen LogP contribution in [0.5, 0.6) is 0 Å². The van der Waals surface area contributed by atoms with E-state index in [9.17, 15) is 9.59 Å². The van der Waals surface area contributed by atoms with Crippen LogP contribution in [-0.2, 0) is 16.6 Å². The van der Waals surface area contributed by atoms with Gasteiger partial charge in [-0.2, -0.15) is 5.10 Å². The summed E-state index contributed by atoms with van der Waals surface area (Å²) in [5.41, 5.74) is 2.66. The topological polar surface area (TPSA) is 67.2 Å². The van der Waals surface area contributed by atoms with E-state index < -0.39 is 0 Å². The molecule has 1 aromatic carbocycles. The van der Waals surface area contributed by atoms with Crippen molar-refractivity contribution in [1.82, 2.24) is 9.78 Å². The number of carbonyl (C=O) groups excluding carboxylic acids is 2. The molecule has 24 heavy (non-hydrogen) atoms. The Bertz CT molecular complexity index is 790. The van der Waals surface area contributed by atoms with Gasteiger partial charge in [0.1, 0.15) is 5.82 Å². The molecule has 1 aliphatic heterocycles. The number of nitrogens with one attached hydrogen (secondary N) is 1. The van der Waals surface area contributed by atoms with Gasteiger partial charge < -0.3 is 10.2 Å². The fourth-order valence-electron chi connectivity index (χ4n) is 2.75. The molecule has 2 heterocycles. The zero-order valence-electron chi connectivity index (χ0n) is 13.8. The number of hydrogen-bond acceptors (Lipinski definition) is 3. The van der Waals surface area contributed by atoms with E-state index in [1.54, 1.807) is 22.7 Å². The second-order valence-electron chi connectivity index (χ2n) is 5.86. The third-order valence-electron chi connectivity index (χ3n) is 3.96. The van der Waals surface area contributed by atoms with Crippen LogP contribution in [0.1, 0.15) is 24.1 Å². The smallest absolute Gasteiger partial charge is 0.249 e. The average Bonchev–Trinajstić information content (AvgIpc) is 3.11.